The number of hydrogen-bond donors (Lipinski definition) is 1. The van der Waals surface area contributed by atoms with Crippen LogP contribution in [0.25, 0.3) is 0 Å². The number of hydrogen-bond acceptors (Lipinski definition) is 2. The lowest BCUT2D eigenvalue weighted by Crippen LogP contribution is -2.57. The monoisotopic (exact) mass is 306 g/mol. The standard InChI is InChI=1S/C19H27FO2/c1-18-7-4-3-5-11(18)9-15(21)16-12(18)6-8-19(2)13(16)10-14(20)17(19)22/h3-4,11-16,21H,5-10H2,1-2H3/t11-,12+,13+,14-,15+,16-,18+,19+/m1/s1. The summed E-state index contributed by atoms with van der Waals surface area (Å²) in [5.41, 5.74) is -0.313. The summed E-state index contributed by atoms with van der Waals surface area (Å²) in [7, 11) is 0. The van der Waals surface area contributed by atoms with E-state index in [0.717, 1.165) is 32.1 Å². The topological polar surface area (TPSA) is 37.3 Å². The Bertz CT molecular complexity index is 530. The van der Waals surface area contributed by atoms with Gasteiger partial charge in [-0.05, 0) is 67.6 Å². The molecule has 3 fully saturated rings. The lowest BCUT2D eigenvalue weighted by Gasteiger charge is -2.60. The highest BCUT2D eigenvalue weighted by Gasteiger charge is 2.64. The van der Waals surface area contributed by atoms with E-state index >= 15 is 0 Å². The van der Waals surface area contributed by atoms with E-state index in [1.54, 1.807) is 0 Å². The van der Waals surface area contributed by atoms with Crippen molar-refractivity contribution in [2.24, 2.45) is 34.5 Å². The lowest BCUT2D eigenvalue weighted by atomic mass is 9.45. The zero-order valence-corrected chi connectivity index (χ0v) is 13.6. The van der Waals surface area contributed by atoms with Crippen LogP contribution in [0.15, 0.2) is 12.2 Å². The average Bonchev–Trinajstić information content (AvgIpc) is 2.71. The molecule has 122 valence electrons. The summed E-state index contributed by atoms with van der Waals surface area (Å²) in [6.45, 7) is 4.33. The molecule has 0 spiro atoms. The second-order valence-electron chi connectivity index (χ2n) is 8.73. The number of Topliss-reactive ketones (excluding diaryl/α,β-unsaturated/α-hetero) is 1. The SMILES string of the molecule is C[C@]12CC=CC[C@@H]1C[C@H](O)[C@@H]1[C@@H]2CC[C@]2(C)C(=O)[C@H](F)C[C@@H]12. The molecule has 3 heteroatoms. The van der Waals surface area contributed by atoms with Crippen molar-refractivity contribution in [2.75, 3.05) is 0 Å². The highest BCUT2D eigenvalue weighted by Crippen LogP contribution is 2.65. The van der Waals surface area contributed by atoms with Crippen LogP contribution in [0, 0.1) is 34.5 Å². The highest BCUT2D eigenvalue weighted by molar-refractivity contribution is 5.91. The van der Waals surface area contributed by atoms with Crippen LogP contribution < -0.4 is 0 Å². The summed E-state index contributed by atoms with van der Waals surface area (Å²) < 4.78 is 14.1. The van der Waals surface area contributed by atoms with Crippen molar-refractivity contribution in [3.63, 3.8) is 0 Å². The van der Waals surface area contributed by atoms with E-state index < -0.39 is 11.6 Å². The van der Waals surface area contributed by atoms with E-state index in [1.165, 1.54) is 0 Å². The first-order valence-corrected chi connectivity index (χ1v) is 8.89. The maximum atomic E-state index is 14.1. The number of fused-ring (bicyclic) bond motifs is 5. The van der Waals surface area contributed by atoms with Gasteiger partial charge in [-0.3, -0.25) is 4.79 Å². The summed E-state index contributed by atoms with van der Waals surface area (Å²) in [6.07, 6.45) is 7.93. The van der Waals surface area contributed by atoms with Crippen molar-refractivity contribution < 1.29 is 14.3 Å². The number of aliphatic hydroxyl groups excluding tert-OH is 1. The van der Waals surface area contributed by atoms with Crippen molar-refractivity contribution in [3.8, 4) is 0 Å². The molecule has 1 N–H and O–H groups in total. The molecule has 0 radical (unpaired) electrons. The van der Waals surface area contributed by atoms with Gasteiger partial charge in [-0.15, -0.1) is 0 Å². The van der Waals surface area contributed by atoms with E-state index in [9.17, 15) is 14.3 Å². The molecule has 8 atom stereocenters. The quantitative estimate of drug-likeness (QED) is 0.693. The Morgan fingerprint density at radius 2 is 2.00 bits per heavy atom. The molecular weight excluding hydrogens is 279 g/mol. The number of aliphatic hydroxyl groups is 1. The van der Waals surface area contributed by atoms with Crippen LogP contribution >= 0.6 is 0 Å². The van der Waals surface area contributed by atoms with Crippen LogP contribution in [0.3, 0.4) is 0 Å². The van der Waals surface area contributed by atoms with E-state index in [2.05, 4.69) is 19.1 Å². The highest BCUT2D eigenvalue weighted by atomic mass is 19.1. The normalized spacial score (nSPS) is 57.2. The van der Waals surface area contributed by atoms with Crippen LogP contribution in [0.4, 0.5) is 4.39 Å². The molecule has 3 saturated carbocycles. The van der Waals surface area contributed by atoms with E-state index in [0.29, 0.717) is 18.3 Å². The largest absolute Gasteiger partial charge is 0.393 e. The van der Waals surface area contributed by atoms with Gasteiger partial charge in [0.05, 0.1) is 6.10 Å². The molecule has 4 aliphatic rings. The van der Waals surface area contributed by atoms with Crippen LogP contribution in [-0.2, 0) is 4.79 Å². The second kappa shape index (κ2) is 4.66. The van der Waals surface area contributed by atoms with Gasteiger partial charge in [0.2, 0.25) is 0 Å². The minimum absolute atomic E-state index is 0.0347. The molecule has 0 aromatic rings. The fourth-order valence-electron chi connectivity index (χ4n) is 6.56. The predicted octanol–water partition coefficient (Wildman–Crippen LogP) is 3.68. The third-order valence-corrected chi connectivity index (χ3v) is 7.93. The van der Waals surface area contributed by atoms with Gasteiger partial charge >= 0.3 is 0 Å². The molecule has 0 bridgehead atoms. The maximum absolute atomic E-state index is 14.1. The van der Waals surface area contributed by atoms with Gasteiger partial charge in [-0.2, -0.15) is 0 Å². The minimum Gasteiger partial charge on any atom is -0.393 e. The molecule has 0 aliphatic heterocycles. The molecular formula is C19H27FO2. The average molecular weight is 306 g/mol. The molecule has 0 unspecified atom stereocenters. The van der Waals surface area contributed by atoms with Crippen molar-refractivity contribution in [1.82, 2.24) is 0 Å². The van der Waals surface area contributed by atoms with Crippen molar-refractivity contribution in [3.05, 3.63) is 12.2 Å². The first kappa shape index (κ1) is 14.9. The number of ketones is 1. The second-order valence-corrected chi connectivity index (χ2v) is 8.73. The number of alkyl halides is 1. The number of rotatable bonds is 0. The molecule has 0 saturated heterocycles. The Balaban J connectivity index is 1.73. The summed E-state index contributed by atoms with van der Waals surface area (Å²) in [6, 6.07) is 0. The van der Waals surface area contributed by atoms with Gasteiger partial charge in [0.25, 0.3) is 0 Å². The molecule has 0 amide bonds. The van der Waals surface area contributed by atoms with Gasteiger partial charge in [-0.1, -0.05) is 26.0 Å². The molecule has 0 aromatic heterocycles. The first-order chi connectivity index (χ1) is 10.4. The van der Waals surface area contributed by atoms with Gasteiger partial charge in [-0.25, -0.2) is 4.39 Å². The third-order valence-electron chi connectivity index (χ3n) is 7.93. The Morgan fingerprint density at radius 1 is 1.23 bits per heavy atom. The minimum atomic E-state index is -1.31. The Morgan fingerprint density at radius 3 is 2.77 bits per heavy atom. The van der Waals surface area contributed by atoms with Crippen LogP contribution in [0.1, 0.15) is 52.4 Å². The van der Waals surface area contributed by atoms with Crippen molar-refractivity contribution in [1.29, 1.82) is 0 Å². The lowest BCUT2D eigenvalue weighted by molar-refractivity contribution is -0.156. The third kappa shape index (κ3) is 1.72. The molecule has 0 heterocycles. The molecule has 2 nitrogen and oxygen atoms in total. The van der Waals surface area contributed by atoms with Gasteiger partial charge in [0.1, 0.15) is 0 Å². The first-order valence-electron chi connectivity index (χ1n) is 8.89. The van der Waals surface area contributed by atoms with Crippen molar-refractivity contribution >= 4 is 5.78 Å². The summed E-state index contributed by atoms with van der Waals surface area (Å²) in [5, 5.41) is 10.8. The fourth-order valence-corrected chi connectivity index (χ4v) is 6.56. The summed E-state index contributed by atoms with van der Waals surface area (Å²) >= 11 is 0. The molecule has 0 aromatic carbocycles. The smallest absolute Gasteiger partial charge is 0.173 e. The zero-order chi connectivity index (χ0) is 15.7. The number of halogens is 1. The molecule has 4 aliphatic carbocycles. The van der Waals surface area contributed by atoms with E-state index in [1.807, 2.05) is 6.92 Å². The maximum Gasteiger partial charge on any atom is 0.173 e. The summed E-state index contributed by atoms with van der Waals surface area (Å²) in [4.78, 5) is 12.3. The van der Waals surface area contributed by atoms with E-state index in [4.69, 9.17) is 0 Å². The Labute approximate surface area is 132 Å². The number of allylic oxidation sites excluding steroid dienone is 2. The van der Waals surface area contributed by atoms with Crippen LogP contribution in [0.5, 0.6) is 0 Å². The molecule has 22 heavy (non-hydrogen) atoms. The van der Waals surface area contributed by atoms with Gasteiger partial charge in [0.15, 0.2) is 12.0 Å². The summed E-state index contributed by atoms with van der Waals surface area (Å²) in [5.74, 6) is 0.918. The van der Waals surface area contributed by atoms with Gasteiger partial charge in [0, 0.05) is 5.41 Å². The number of carbonyl (C=O) groups excluding carboxylic acids is 1. The zero-order valence-electron chi connectivity index (χ0n) is 13.6. The van der Waals surface area contributed by atoms with E-state index in [-0.39, 0.29) is 29.1 Å². The fraction of sp³-hybridized carbons (Fsp3) is 0.842. The Kier molecular flexibility index (Phi) is 3.15. The predicted molar refractivity (Wildman–Crippen MR) is 82.9 cm³/mol. The van der Waals surface area contributed by atoms with Gasteiger partial charge < -0.3 is 5.11 Å². The van der Waals surface area contributed by atoms with Crippen LogP contribution in [0.2, 0.25) is 0 Å². The molecule has 4 rings (SSSR count). The van der Waals surface area contributed by atoms with Crippen molar-refractivity contribution in [2.45, 2.75) is 64.6 Å². The number of carbonyl (C=O) groups is 1. The van der Waals surface area contributed by atoms with Crippen LogP contribution in [-0.4, -0.2) is 23.2 Å². The Hall–Kier alpha value is -0.700.